The predicted molar refractivity (Wildman–Crippen MR) is 257 cm³/mol. The smallest absolute Gasteiger partial charge is 0.472 e. The largest absolute Gasteiger partial charge is 0.497 e. The second-order valence-corrected chi connectivity index (χ2v) is 23.0. The number of likely N-dealkylation sites (tertiary alicyclic amines) is 1. The topological polar surface area (TPSA) is 310 Å². The molecule has 4 aliphatic heterocycles. The Balaban J connectivity index is 0.916. The zero-order valence-electron chi connectivity index (χ0n) is 39.7. The summed E-state index contributed by atoms with van der Waals surface area (Å²) in [5, 5.41) is 2.66. The van der Waals surface area contributed by atoms with E-state index in [0.717, 1.165) is 29.5 Å². The lowest BCUT2D eigenvalue weighted by Crippen LogP contribution is -2.38. The van der Waals surface area contributed by atoms with Crippen molar-refractivity contribution in [2.45, 2.75) is 94.0 Å². The second-order valence-electron chi connectivity index (χ2n) is 17.6. The van der Waals surface area contributed by atoms with Gasteiger partial charge < -0.3 is 29.2 Å². The number of methoxy groups -OCH3 is 1. The number of ether oxygens (including phenoxy) is 4. The number of hydrogen-bond acceptors (Lipinski definition) is 20. The van der Waals surface area contributed by atoms with Crippen molar-refractivity contribution < 1.29 is 79.0 Å². The van der Waals surface area contributed by atoms with E-state index in [2.05, 4.69) is 20.3 Å². The summed E-state index contributed by atoms with van der Waals surface area (Å²) in [6, 6.07) is 13.2. The number of esters is 1. The van der Waals surface area contributed by atoms with Gasteiger partial charge >= 0.3 is 26.3 Å². The van der Waals surface area contributed by atoms with E-state index >= 15 is 8.78 Å². The van der Waals surface area contributed by atoms with Gasteiger partial charge in [0.1, 0.15) is 42.2 Å². The number of imide groups is 1. The Morgan fingerprint density at radius 2 is 1.55 bits per heavy atom. The minimum absolute atomic E-state index is 0.00790. The Labute approximate surface area is 427 Å². The van der Waals surface area contributed by atoms with Gasteiger partial charge in [-0.15, -0.1) is 0 Å². The molecule has 400 valence electrons. The molecule has 25 nitrogen and oxygen atoms in total. The SMILES string of the molecule is COc1ccc(C(=O)Oc2ccc(CSP3(=O)OC[C@H]4O[C@@H](n5cnc6c(NC(=O)CCCCCN7C(=O)CC(C)C7=O)ncnc65)[C@H](F)[C@@H]4OP(=O)(O)OC[C@H]4O[C@@H](n5ccc(=O)[nH]c5=O)[C@H](F)[C@@H]4O3)cc2)cc1. The van der Waals surface area contributed by atoms with E-state index in [1.807, 2.05) is 4.98 Å². The van der Waals surface area contributed by atoms with Gasteiger partial charge in [0.15, 0.2) is 41.8 Å². The van der Waals surface area contributed by atoms with Crippen molar-refractivity contribution in [2.75, 3.05) is 32.2 Å². The number of halogens is 2. The van der Waals surface area contributed by atoms with Crippen LogP contribution in [-0.2, 0) is 56.8 Å². The molecule has 4 saturated heterocycles. The van der Waals surface area contributed by atoms with Crippen LogP contribution in [0.15, 0.2) is 83.0 Å². The Morgan fingerprint density at radius 1 is 0.867 bits per heavy atom. The number of rotatable bonds is 15. The molecule has 9 rings (SSSR count). The van der Waals surface area contributed by atoms with Crippen molar-refractivity contribution in [1.82, 2.24) is 34.0 Å². The zero-order chi connectivity index (χ0) is 53.2. The molecule has 5 aromatic rings. The number of nitrogens with zero attached hydrogens (tertiary/aromatic N) is 6. The van der Waals surface area contributed by atoms with Crippen LogP contribution in [0.4, 0.5) is 14.6 Å². The van der Waals surface area contributed by atoms with Crippen LogP contribution in [0.2, 0.25) is 0 Å². The number of fused-ring (bicyclic) bond motifs is 3. The number of aromatic nitrogens is 6. The molecule has 3 N–H and O–H groups in total. The number of amides is 3. The van der Waals surface area contributed by atoms with Crippen LogP contribution in [0.25, 0.3) is 11.2 Å². The lowest BCUT2D eigenvalue weighted by Gasteiger charge is -2.29. The van der Waals surface area contributed by atoms with Gasteiger partial charge in [-0.05, 0) is 66.2 Å². The molecular weight excluding hydrogens is 1060 g/mol. The van der Waals surface area contributed by atoms with Gasteiger partial charge in [-0.1, -0.05) is 25.5 Å². The maximum absolute atomic E-state index is 16.9. The highest BCUT2D eigenvalue weighted by Gasteiger charge is 2.55. The van der Waals surface area contributed by atoms with Crippen LogP contribution in [-0.4, -0.2) is 126 Å². The number of phosphoric ester groups is 1. The van der Waals surface area contributed by atoms with Crippen molar-refractivity contribution in [1.29, 1.82) is 0 Å². The Bertz CT molecular complexity index is 3170. The minimum atomic E-state index is -5.34. The Morgan fingerprint density at radius 3 is 2.23 bits per heavy atom. The van der Waals surface area contributed by atoms with Gasteiger partial charge in [-0.25, -0.2) is 42.5 Å². The summed E-state index contributed by atoms with van der Waals surface area (Å²) in [5.74, 6) is -1.39. The lowest BCUT2D eigenvalue weighted by molar-refractivity contribution is -0.139. The van der Waals surface area contributed by atoms with Gasteiger partial charge in [0.25, 0.3) is 5.56 Å². The summed E-state index contributed by atoms with van der Waals surface area (Å²) in [7, 11) is -3.85. The van der Waals surface area contributed by atoms with E-state index < -0.39 is 100 Å². The van der Waals surface area contributed by atoms with Gasteiger partial charge in [-0.2, -0.15) is 0 Å². The fourth-order valence-electron chi connectivity index (χ4n) is 8.59. The summed E-state index contributed by atoms with van der Waals surface area (Å²) in [4.78, 5) is 101. The number of unbranched alkanes of at least 4 members (excludes halogenated alkanes) is 2. The number of phosphoric acid groups is 1. The molecule has 4 aliphatic rings. The molecule has 0 aliphatic carbocycles. The molecule has 0 bridgehead atoms. The predicted octanol–water partition coefficient (Wildman–Crippen LogP) is 4.93. The van der Waals surface area contributed by atoms with Gasteiger partial charge in [0.2, 0.25) is 17.7 Å². The first kappa shape index (κ1) is 53.8. The van der Waals surface area contributed by atoms with Crippen LogP contribution < -0.4 is 26.0 Å². The fourth-order valence-corrected chi connectivity index (χ4v) is 12.9. The number of alkyl halides is 2. The number of H-pyrrole nitrogens is 1. The molecule has 0 saturated carbocycles. The molecule has 4 fully saturated rings. The number of nitrogens with one attached hydrogen (secondary N) is 2. The molecule has 2 aromatic carbocycles. The molecular formula is C45H48F2N8O17P2S. The molecule has 30 heteroatoms. The number of aromatic amines is 1. The van der Waals surface area contributed by atoms with Crippen molar-refractivity contribution in [3.05, 3.63) is 105 Å². The average molecular weight is 1100 g/mol. The van der Waals surface area contributed by atoms with Gasteiger partial charge in [0.05, 0.1) is 32.2 Å². The molecule has 0 spiro atoms. The standard InChI is InChI=1S/C45H48F2N8O17P2S/c1-24-18-33(58)53(41(24)59)16-5-3-4-6-31(56)51-39-36-40(49-22-48-39)55(23-50-36)43-34(46)37-30(70-43)20-67-74(64,75-21-25-7-11-28(12-8-25)68-44(60)26-9-13-27(65-2)14-10-26)72-38-29(19-66-73(62,63)71-37)69-42(35(38)47)54-17-15-32(57)52-45(54)61/h7-15,17,22-24,29-30,34-35,37-38,42-43H,3-6,16,18-21H2,1-2H3,(H,62,63)(H,52,57,61)(H,48,49,51,56)/t24?,29-,30-,34-,35-,37-,38-,42-,43-,74?/m1/s1. The summed E-state index contributed by atoms with van der Waals surface area (Å²) in [5.41, 5.74) is -1.21. The third-order valence-corrected chi connectivity index (χ3v) is 17.1. The van der Waals surface area contributed by atoms with Crippen LogP contribution >= 0.6 is 26.0 Å². The Hall–Kier alpha value is -6.06. The molecule has 0 radical (unpaired) electrons. The number of hydrogen-bond donors (Lipinski definition) is 3. The van der Waals surface area contributed by atoms with Gasteiger partial charge in [0, 0.05) is 43.3 Å². The quantitative estimate of drug-likeness (QED) is 0.0411. The lowest BCUT2D eigenvalue weighted by atomic mass is 10.1. The third-order valence-electron chi connectivity index (χ3n) is 12.5. The van der Waals surface area contributed by atoms with Crippen molar-refractivity contribution in [3.63, 3.8) is 0 Å². The van der Waals surface area contributed by atoms with E-state index in [9.17, 15) is 42.8 Å². The van der Waals surface area contributed by atoms with E-state index in [1.54, 1.807) is 31.2 Å². The Kier molecular flexibility index (Phi) is 16.2. The van der Waals surface area contributed by atoms with E-state index in [4.69, 9.17) is 37.0 Å². The molecule has 7 heterocycles. The van der Waals surface area contributed by atoms with Crippen molar-refractivity contribution >= 4 is 66.7 Å². The summed E-state index contributed by atoms with van der Waals surface area (Å²) < 4.78 is 109. The van der Waals surface area contributed by atoms with Crippen LogP contribution in [0.5, 0.6) is 11.5 Å². The van der Waals surface area contributed by atoms with Gasteiger partial charge in [-0.3, -0.25) is 56.3 Å². The molecule has 3 unspecified atom stereocenters. The normalized spacial score (nSPS) is 29.1. The highest BCUT2D eigenvalue weighted by molar-refractivity contribution is 8.54. The number of benzene rings is 2. The number of carbonyl (C=O) groups excluding carboxylic acids is 4. The first-order valence-corrected chi connectivity index (χ1v) is 27.9. The van der Waals surface area contributed by atoms with E-state index in [0.29, 0.717) is 46.5 Å². The number of imidazole rings is 1. The zero-order valence-corrected chi connectivity index (χ0v) is 42.3. The summed E-state index contributed by atoms with van der Waals surface area (Å²) >= 11 is 0.556. The van der Waals surface area contributed by atoms with Crippen LogP contribution in [0, 0.1) is 5.92 Å². The van der Waals surface area contributed by atoms with E-state index in [-0.39, 0.29) is 71.2 Å². The minimum Gasteiger partial charge on any atom is -0.497 e. The highest BCUT2D eigenvalue weighted by atomic mass is 32.7. The third kappa shape index (κ3) is 12.1. The highest BCUT2D eigenvalue weighted by Crippen LogP contribution is 2.65. The fraction of sp³-hybridized carbons (Fsp3) is 0.444. The molecule has 3 amide bonds. The van der Waals surface area contributed by atoms with Crippen molar-refractivity contribution in [2.24, 2.45) is 5.92 Å². The molecule has 3 aromatic heterocycles. The first-order chi connectivity index (χ1) is 35.9. The molecule has 75 heavy (non-hydrogen) atoms. The maximum atomic E-state index is 16.9. The first-order valence-electron chi connectivity index (χ1n) is 23.3. The van der Waals surface area contributed by atoms with E-state index in [1.165, 1.54) is 36.3 Å². The molecule has 11 atom stereocenters. The van der Waals surface area contributed by atoms with Crippen molar-refractivity contribution in [3.8, 4) is 11.5 Å². The second kappa shape index (κ2) is 22.6. The maximum Gasteiger partial charge on any atom is 0.472 e. The monoisotopic (exact) mass is 1100 g/mol. The summed E-state index contributed by atoms with van der Waals surface area (Å²) in [6.07, 6.45) is -10.8. The number of anilines is 1. The van der Waals surface area contributed by atoms with Crippen LogP contribution in [0.3, 0.4) is 0 Å². The average Bonchev–Trinajstić information content (AvgIpc) is 4.11. The summed E-state index contributed by atoms with van der Waals surface area (Å²) in [6.45, 7) is -4.65. The number of carbonyl (C=O) groups is 4. The van der Waals surface area contributed by atoms with Crippen LogP contribution in [0.1, 0.15) is 67.4 Å².